The second kappa shape index (κ2) is 14.1. The topological polar surface area (TPSA) is 38.9 Å². The molecule has 0 N–H and O–H groups in total. The van der Waals surface area contributed by atoms with E-state index in [-0.39, 0.29) is 5.41 Å². The van der Waals surface area contributed by atoms with Crippen molar-refractivity contribution in [3.05, 3.63) is 217 Å². The van der Waals surface area contributed by atoms with Crippen LogP contribution in [0.25, 0.3) is 111 Å². The van der Waals surface area contributed by atoms with Crippen LogP contribution >= 0.6 is 0 Å². The van der Waals surface area contributed by atoms with Crippen molar-refractivity contribution in [3.8, 4) is 78.4 Å². The third-order valence-electron chi connectivity index (χ3n) is 12.9. The Kier molecular flexibility index (Phi) is 8.20. The van der Waals surface area contributed by atoms with Crippen molar-refractivity contribution in [2.45, 2.75) is 19.3 Å². The summed E-state index contributed by atoms with van der Waals surface area (Å²) in [4.78, 5) is 10.7. The predicted molar refractivity (Wildman–Crippen MR) is 257 cm³/mol. The Labute approximate surface area is 360 Å². The molecule has 12 rings (SSSR count). The van der Waals surface area contributed by atoms with Crippen molar-refractivity contribution >= 4 is 32.7 Å². The predicted octanol–water partition coefficient (Wildman–Crippen LogP) is 15.8. The fourth-order valence-electron chi connectivity index (χ4n) is 9.75. The van der Waals surface area contributed by atoms with Gasteiger partial charge in [0, 0.05) is 32.9 Å². The largest absolute Gasteiger partial charge is 0.456 e. The number of aromatic nitrogens is 2. The van der Waals surface area contributed by atoms with Gasteiger partial charge in [-0.05, 0) is 115 Å². The zero-order valence-corrected chi connectivity index (χ0v) is 34.4. The molecule has 11 aromatic rings. The van der Waals surface area contributed by atoms with Gasteiger partial charge >= 0.3 is 0 Å². The van der Waals surface area contributed by atoms with Crippen LogP contribution < -0.4 is 0 Å². The summed E-state index contributed by atoms with van der Waals surface area (Å²) in [5.41, 5.74) is 18.6. The molecule has 9 aromatic carbocycles. The molecule has 0 aliphatic heterocycles. The maximum absolute atomic E-state index is 6.28. The molecule has 0 atom stereocenters. The van der Waals surface area contributed by atoms with Crippen molar-refractivity contribution < 1.29 is 4.42 Å². The van der Waals surface area contributed by atoms with E-state index >= 15 is 0 Å². The van der Waals surface area contributed by atoms with Crippen LogP contribution in [0.2, 0.25) is 0 Å². The molecule has 0 amide bonds. The SMILES string of the molecule is CC1(C)c2ccccc2-c2ccc(-c3cc(-c4cc(-c5ccc6oc7ccccc7c6c5)cc(-c5ccc(-c6ccccc6)c6ccccc56)c4)nc(-c4ccccc4)n3)cc21. The standard InChI is InChI=1S/C59H40N2O/c1-59(2)52-23-13-11-21-48(52)49-27-25-40(35-53(49)59)54-36-55(61-58(60-54)38-17-7-4-8-18-38)43-32-41(39-26-30-57-51(34-39)50-22-12-14-24-56(50)62-57)31-42(33-43)45-29-28-44(37-15-5-3-6-16-37)46-19-9-10-20-47(45)46/h3-36H,1-2H3. The molecule has 0 saturated carbocycles. The summed E-state index contributed by atoms with van der Waals surface area (Å²) in [6.07, 6.45) is 0. The lowest BCUT2D eigenvalue weighted by Gasteiger charge is -2.22. The second-order valence-electron chi connectivity index (χ2n) is 16.9. The Balaban J connectivity index is 1.09. The van der Waals surface area contributed by atoms with Crippen LogP contribution in [0.3, 0.4) is 0 Å². The molecule has 0 saturated heterocycles. The molecule has 3 nitrogen and oxygen atoms in total. The lowest BCUT2D eigenvalue weighted by molar-refractivity contribution is 0.660. The van der Waals surface area contributed by atoms with Gasteiger partial charge in [0.05, 0.1) is 11.4 Å². The quantitative estimate of drug-likeness (QED) is 0.168. The maximum Gasteiger partial charge on any atom is 0.160 e. The molecule has 0 unspecified atom stereocenters. The number of hydrogen-bond donors (Lipinski definition) is 0. The van der Waals surface area contributed by atoms with E-state index in [0.717, 1.165) is 72.3 Å². The number of rotatable bonds is 6. The Morgan fingerprint density at radius 2 is 0.871 bits per heavy atom. The van der Waals surface area contributed by atoms with Gasteiger partial charge in [-0.15, -0.1) is 0 Å². The highest BCUT2D eigenvalue weighted by Crippen LogP contribution is 2.50. The monoisotopic (exact) mass is 792 g/mol. The van der Waals surface area contributed by atoms with E-state index in [1.165, 1.54) is 44.2 Å². The number of para-hydroxylation sites is 1. The van der Waals surface area contributed by atoms with Gasteiger partial charge in [-0.25, -0.2) is 9.97 Å². The van der Waals surface area contributed by atoms with Crippen LogP contribution in [0, 0.1) is 0 Å². The average Bonchev–Trinajstić information content (AvgIpc) is 3.82. The highest BCUT2D eigenvalue weighted by atomic mass is 16.3. The first-order valence-corrected chi connectivity index (χ1v) is 21.3. The van der Waals surface area contributed by atoms with Crippen molar-refractivity contribution in [1.29, 1.82) is 0 Å². The average molecular weight is 793 g/mol. The van der Waals surface area contributed by atoms with Crippen LogP contribution in [0.15, 0.2) is 211 Å². The molecule has 62 heavy (non-hydrogen) atoms. The fourth-order valence-corrected chi connectivity index (χ4v) is 9.75. The molecule has 0 radical (unpaired) electrons. The van der Waals surface area contributed by atoms with E-state index < -0.39 is 0 Å². The van der Waals surface area contributed by atoms with Gasteiger partial charge in [0.15, 0.2) is 5.82 Å². The molecule has 1 aliphatic rings. The lowest BCUT2D eigenvalue weighted by atomic mass is 9.82. The number of benzene rings is 9. The van der Waals surface area contributed by atoms with Crippen LogP contribution in [0.4, 0.5) is 0 Å². The van der Waals surface area contributed by atoms with Crippen molar-refractivity contribution in [1.82, 2.24) is 9.97 Å². The molecular weight excluding hydrogens is 753 g/mol. The Morgan fingerprint density at radius 1 is 0.323 bits per heavy atom. The van der Waals surface area contributed by atoms with Gasteiger partial charge < -0.3 is 4.42 Å². The zero-order valence-electron chi connectivity index (χ0n) is 34.4. The van der Waals surface area contributed by atoms with Crippen LogP contribution in [0.1, 0.15) is 25.0 Å². The van der Waals surface area contributed by atoms with Gasteiger partial charge in [-0.3, -0.25) is 0 Å². The summed E-state index contributed by atoms with van der Waals surface area (Å²) in [5.74, 6) is 0.692. The number of hydrogen-bond acceptors (Lipinski definition) is 3. The molecule has 292 valence electrons. The van der Waals surface area contributed by atoms with E-state index in [1.807, 2.05) is 18.2 Å². The van der Waals surface area contributed by atoms with E-state index in [2.05, 4.69) is 202 Å². The highest BCUT2D eigenvalue weighted by Gasteiger charge is 2.35. The summed E-state index contributed by atoms with van der Waals surface area (Å²) in [7, 11) is 0. The summed E-state index contributed by atoms with van der Waals surface area (Å²) in [6.45, 7) is 4.66. The Morgan fingerprint density at radius 3 is 1.65 bits per heavy atom. The second-order valence-corrected chi connectivity index (χ2v) is 16.9. The minimum atomic E-state index is -0.135. The van der Waals surface area contributed by atoms with Crippen molar-refractivity contribution in [3.63, 3.8) is 0 Å². The first-order valence-electron chi connectivity index (χ1n) is 21.3. The van der Waals surface area contributed by atoms with E-state index in [4.69, 9.17) is 14.4 Å². The first kappa shape index (κ1) is 36.0. The smallest absolute Gasteiger partial charge is 0.160 e. The van der Waals surface area contributed by atoms with Gasteiger partial charge in [-0.1, -0.05) is 172 Å². The van der Waals surface area contributed by atoms with Crippen LogP contribution in [-0.2, 0) is 5.41 Å². The van der Waals surface area contributed by atoms with E-state index in [9.17, 15) is 0 Å². The summed E-state index contributed by atoms with van der Waals surface area (Å²) in [6, 6.07) is 73.9. The minimum Gasteiger partial charge on any atom is -0.456 e. The zero-order chi connectivity index (χ0) is 41.4. The van der Waals surface area contributed by atoms with Gasteiger partial charge in [0.25, 0.3) is 0 Å². The van der Waals surface area contributed by atoms with Crippen molar-refractivity contribution in [2.75, 3.05) is 0 Å². The first-order chi connectivity index (χ1) is 30.5. The van der Waals surface area contributed by atoms with Crippen LogP contribution in [0.5, 0.6) is 0 Å². The molecule has 2 aromatic heterocycles. The summed E-state index contributed by atoms with van der Waals surface area (Å²) < 4.78 is 6.28. The molecule has 3 heteroatoms. The molecule has 0 bridgehead atoms. The highest BCUT2D eigenvalue weighted by molar-refractivity contribution is 6.08. The fraction of sp³-hybridized carbons (Fsp3) is 0.0508. The summed E-state index contributed by atoms with van der Waals surface area (Å²) >= 11 is 0. The minimum absolute atomic E-state index is 0.135. The molecule has 0 spiro atoms. The number of nitrogens with zero attached hydrogens (tertiary/aromatic N) is 2. The molecule has 2 heterocycles. The van der Waals surface area contributed by atoms with E-state index in [0.29, 0.717) is 5.82 Å². The van der Waals surface area contributed by atoms with Gasteiger partial charge in [0.1, 0.15) is 11.2 Å². The summed E-state index contributed by atoms with van der Waals surface area (Å²) in [5, 5.41) is 4.62. The van der Waals surface area contributed by atoms with Crippen LogP contribution in [-0.4, -0.2) is 9.97 Å². The number of fused-ring (bicyclic) bond motifs is 7. The number of furan rings is 1. The maximum atomic E-state index is 6.28. The van der Waals surface area contributed by atoms with E-state index in [1.54, 1.807) is 0 Å². The van der Waals surface area contributed by atoms with Crippen molar-refractivity contribution in [2.24, 2.45) is 0 Å². The molecule has 1 aliphatic carbocycles. The lowest BCUT2D eigenvalue weighted by Crippen LogP contribution is -2.14. The Hall–Kier alpha value is -7.88. The molecular formula is C59H40N2O. The third-order valence-corrected chi connectivity index (χ3v) is 12.9. The van der Waals surface area contributed by atoms with Gasteiger partial charge in [0.2, 0.25) is 0 Å². The third kappa shape index (κ3) is 5.89. The molecule has 0 fully saturated rings. The van der Waals surface area contributed by atoms with Gasteiger partial charge in [-0.2, -0.15) is 0 Å². The Bertz CT molecular complexity index is 3540. The normalized spacial score (nSPS) is 12.8.